The van der Waals surface area contributed by atoms with Crippen LogP contribution in [0.1, 0.15) is 10.6 Å². The van der Waals surface area contributed by atoms with Gasteiger partial charge in [0.15, 0.2) is 0 Å². The SMILES string of the molecule is O=C(/C=C/c1nccs1)OCC1CN(Cc2ccccc2)CCO1. The van der Waals surface area contributed by atoms with Crippen molar-refractivity contribution in [3.05, 3.63) is 58.6 Å². The number of esters is 1. The molecule has 3 rings (SSSR count). The molecule has 6 heteroatoms. The largest absolute Gasteiger partial charge is 0.460 e. The summed E-state index contributed by atoms with van der Waals surface area (Å²) in [6.07, 6.45) is 4.69. The molecule has 0 amide bonds. The number of rotatable bonds is 6. The minimum atomic E-state index is -0.367. The summed E-state index contributed by atoms with van der Waals surface area (Å²) in [6, 6.07) is 10.3. The first-order valence-corrected chi connectivity index (χ1v) is 8.80. The summed E-state index contributed by atoms with van der Waals surface area (Å²) in [5, 5.41) is 2.65. The number of thiazole rings is 1. The zero-order valence-electron chi connectivity index (χ0n) is 13.3. The van der Waals surface area contributed by atoms with Crippen LogP contribution in [0.2, 0.25) is 0 Å². The zero-order valence-corrected chi connectivity index (χ0v) is 14.2. The smallest absolute Gasteiger partial charge is 0.330 e. The average molecular weight is 344 g/mol. The maximum Gasteiger partial charge on any atom is 0.330 e. The third-order valence-electron chi connectivity index (χ3n) is 3.70. The highest BCUT2D eigenvalue weighted by molar-refractivity contribution is 7.10. The van der Waals surface area contributed by atoms with Gasteiger partial charge in [0.2, 0.25) is 0 Å². The Bertz CT molecular complexity index is 658. The molecule has 1 aliphatic heterocycles. The van der Waals surface area contributed by atoms with Crippen LogP contribution in [0.15, 0.2) is 48.0 Å². The van der Waals surface area contributed by atoms with Gasteiger partial charge in [-0.15, -0.1) is 11.3 Å². The Balaban J connectivity index is 1.43. The van der Waals surface area contributed by atoms with Crippen LogP contribution >= 0.6 is 11.3 Å². The molecule has 1 atom stereocenters. The number of hydrogen-bond donors (Lipinski definition) is 0. The highest BCUT2D eigenvalue weighted by atomic mass is 32.1. The molecule has 1 unspecified atom stereocenters. The van der Waals surface area contributed by atoms with Gasteiger partial charge in [0.25, 0.3) is 0 Å². The van der Waals surface area contributed by atoms with Crippen LogP contribution in [0.25, 0.3) is 6.08 Å². The van der Waals surface area contributed by atoms with Crippen molar-refractivity contribution in [2.75, 3.05) is 26.3 Å². The highest BCUT2D eigenvalue weighted by Crippen LogP contribution is 2.11. The molecule has 0 N–H and O–H groups in total. The molecule has 0 spiro atoms. The van der Waals surface area contributed by atoms with Crippen molar-refractivity contribution < 1.29 is 14.3 Å². The molecule has 5 nitrogen and oxygen atoms in total. The Hall–Kier alpha value is -2.02. The van der Waals surface area contributed by atoms with E-state index < -0.39 is 0 Å². The lowest BCUT2D eigenvalue weighted by Crippen LogP contribution is -2.44. The zero-order chi connectivity index (χ0) is 16.6. The second kappa shape index (κ2) is 8.73. The highest BCUT2D eigenvalue weighted by Gasteiger charge is 2.21. The molecule has 126 valence electrons. The molecule has 0 saturated carbocycles. The summed E-state index contributed by atoms with van der Waals surface area (Å²) >= 11 is 1.48. The predicted molar refractivity (Wildman–Crippen MR) is 93.6 cm³/mol. The number of ether oxygens (including phenoxy) is 2. The van der Waals surface area contributed by atoms with Crippen molar-refractivity contribution in [2.24, 2.45) is 0 Å². The molecule has 1 aliphatic rings. The van der Waals surface area contributed by atoms with E-state index in [2.05, 4.69) is 22.0 Å². The summed E-state index contributed by atoms with van der Waals surface area (Å²) in [5.74, 6) is -0.367. The fraction of sp³-hybridized carbons (Fsp3) is 0.333. The molecule has 1 aromatic carbocycles. The minimum Gasteiger partial charge on any atom is -0.460 e. The summed E-state index contributed by atoms with van der Waals surface area (Å²) in [4.78, 5) is 18.2. The normalized spacial score (nSPS) is 18.8. The average Bonchev–Trinajstić information content (AvgIpc) is 3.13. The Morgan fingerprint density at radius 2 is 2.29 bits per heavy atom. The summed E-state index contributed by atoms with van der Waals surface area (Å²) in [5.41, 5.74) is 1.28. The summed E-state index contributed by atoms with van der Waals surface area (Å²) in [7, 11) is 0. The molecule has 1 saturated heterocycles. The van der Waals surface area contributed by atoms with Crippen LogP contribution in [-0.2, 0) is 20.8 Å². The fourth-order valence-electron chi connectivity index (χ4n) is 2.55. The van der Waals surface area contributed by atoms with Crippen molar-refractivity contribution in [1.82, 2.24) is 9.88 Å². The van der Waals surface area contributed by atoms with E-state index in [0.717, 1.165) is 24.6 Å². The van der Waals surface area contributed by atoms with Crippen LogP contribution in [-0.4, -0.2) is 48.3 Å². The number of hydrogen-bond acceptors (Lipinski definition) is 6. The van der Waals surface area contributed by atoms with E-state index in [-0.39, 0.29) is 18.7 Å². The number of nitrogens with zero attached hydrogens (tertiary/aromatic N) is 2. The standard InChI is InChI=1S/C18H20N2O3S/c21-18(7-6-17-19-8-11-24-17)23-14-16-13-20(9-10-22-16)12-15-4-2-1-3-5-15/h1-8,11,16H,9-10,12-14H2/b7-6+. The molecule has 2 heterocycles. The summed E-state index contributed by atoms with van der Waals surface area (Å²) in [6.45, 7) is 3.47. The van der Waals surface area contributed by atoms with Gasteiger partial charge in [-0.25, -0.2) is 9.78 Å². The van der Waals surface area contributed by atoms with Gasteiger partial charge in [-0.05, 0) is 11.6 Å². The van der Waals surface area contributed by atoms with E-state index >= 15 is 0 Å². The molecular formula is C18H20N2O3S. The van der Waals surface area contributed by atoms with Crippen molar-refractivity contribution in [3.63, 3.8) is 0 Å². The van der Waals surface area contributed by atoms with Crippen LogP contribution in [0.5, 0.6) is 0 Å². The van der Waals surface area contributed by atoms with Crippen LogP contribution in [0.4, 0.5) is 0 Å². The van der Waals surface area contributed by atoms with E-state index in [1.807, 2.05) is 23.6 Å². The second-order valence-electron chi connectivity index (χ2n) is 5.55. The fourth-order valence-corrected chi connectivity index (χ4v) is 3.08. The number of carbonyl (C=O) groups is 1. The van der Waals surface area contributed by atoms with Crippen molar-refractivity contribution in [3.8, 4) is 0 Å². The maximum atomic E-state index is 11.8. The lowest BCUT2D eigenvalue weighted by Gasteiger charge is -2.32. The molecule has 0 bridgehead atoms. The van der Waals surface area contributed by atoms with Crippen LogP contribution in [0.3, 0.4) is 0 Å². The van der Waals surface area contributed by atoms with Gasteiger partial charge in [-0.1, -0.05) is 30.3 Å². The van der Waals surface area contributed by atoms with Gasteiger partial charge in [-0.3, -0.25) is 4.90 Å². The van der Waals surface area contributed by atoms with Crippen molar-refractivity contribution >= 4 is 23.4 Å². The Kier molecular flexibility index (Phi) is 6.12. The first-order chi connectivity index (χ1) is 11.8. The minimum absolute atomic E-state index is 0.0836. The molecule has 0 radical (unpaired) electrons. The van der Waals surface area contributed by atoms with Crippen LogP contribution in [0, 0.1) is 0 Å². The third kappa shape index (κ3) is 5.26. The number of benzene rings is 1. The molecule has 24 heavy (non-hydrogen) atoms. The van der Waals surface area contributed by atoms with Gasteiger partial charge in [-0.2, -0.15) is 0 Å². The van der Waals surface area contributed by atoms with Gasteiger partial charge in [0.1, 0.15) is 17.7 Å². The number of morpholine rings is 1. The topological polar surface area (TPSA) is 51.7 Å². The quantitative estimate of drug-likeness (QED) is 0.595. The first-order valence-electron chi connectivity index (χ1n) is 7.92. The maximum absolute atomic E-state index is 11.8. The van der Waals surface area contributed by atoms with Crippen molar-refractivity contribution in [1.29, 1.82) is 0 Å². The first kappa shape index (κ1) is 16.8. The Morgan fingerprint density at radius 3 is 3.08 bits per heavy atom. The van der Waals surface area contributed by atoms with E-state index in [0.29, 0.717) is 6.61 Å². The molecule has 2 aromatic rings. The molecule has 1 fully saturated rings. The Morgan fingerprint density at radius 1 is 1.42 bits per heavy atom. The molecular weight excluding hydrogens is 324 g/mol. The molecule has 0 aliphatic carbocycles. The number of carbonyl (C=O) groups excluding carboxylic acids is 1. The monoisotopic (exact) mass is 344 g/mol. The van der Waals surface area contributed by atoms with E-state index in [9.17, 15) is 4.79 Å². The predicted octanol–water partition coefficient (Wildman–Crippen LogP) is 2.60. The van der Waals surface area contributed by atoms with Gasteiger partial charge >= 0.3 is 5.97 Å². The van der Waals surface area contributed by atoms with Gasteiger partial charge < -0.3 is 9.47 Å². The van der Waals surface area contributed by atoms with E-state index in [1.165, 1.54) is 23.0 Å². The van der Waals surface area contributed by atoms with E-state index in [4.69, 9.17) is 9.47 Å². The van der Waals surface area contributed by atoms with Crippen molar-refractivity contribution in [2.45, 2.75) is 12.6 Å². The molecule has 1 aromatic heterocycles. The lowest BCUT2D eigenvalue weighted by atomic mass is 10.2. The number of aromatic nitrogens is 1. The van der Waals surface area contributed by atoms with Gasteiger partial charge in [0, 0.05) is 37.3 Å². The van der Waals surface area contributed by atoms with Crippen LogP contribution < -0.4 is 0 Å². The Labute approximate surface area is 145 Å². The van der Waals surface area contributed by atoms with Gasteiger partial charge in [0.05, 0.1) is 6.61 Å². The lowest BCUT2D eigenvalue weighted by molar-refractivity contribution is -0.144. The van der Waals surface area contributed by atoms with E-state index in [1.54, 1.807) is 12.3 Å². The summed E-state index contributed by atoms with van der Waals surface area (Å²) < 4.78 is 11.0. The second-order valence-corrected chi connectivity index (χ2v) is 6.47. The third-order valence-corrected chi connectivity index (χ3v) is 4.44.